The highest BCUT2D eigenvalue weighted by Gasteiger charge is 2.24. The number of aryl methyl sites for hydroxylation is 1. The van der Waals surface area contributed by atoms with Crippen LogP contribution in [0.15, 0.2) is 5.51 Å². The van der Waals surface area contributed by atoms with Gasteiger partial charge in [0.25, 0.3) is 0 Å². The Kier molecular flexibility index (Phi) is 6.29. The van der Waals surface area contributed by atoms with E-state index in [2.05, 4.69) is 16.8 Å². The first-order valence-electron chi connectivity index (χ1n) is 6.35. The molecule has 4 nitrogen and oxygen atoms in total. The molecule has 0 amide bonds. The maximum atomic E-state index is 11.9. The van der Waals surface area contributed by atoms with Gasteiger partial charge in [-0.1, -0.05) is 13.3 Å². The molecule has 0 saturated heterocycles. The molecular weight excluding hydrogens is 248 g/mol. The van der Waals surface area contributed by atoms with E-state index in [0.29, 0.717) is 6.61 Å². The summed E-state index contributed by atoms with van der Waals surface area (Å²) in [7, 11) is 1.97. The Morgan fingerprint density at radius 3 is 2.78 bits per heavy atom. The first-order valence-corrected chi connectivity index (χ1v) is 7.23. The molecule has 1 heterocycles. The van der Waals surface area contributed by atoms with E-state index in [-0.39, 0.29) is 12.0 Å². The highest BCUT2D eigenvalue weighted by molar-refractivity contribution is 7.09. The molecule has 18 heavy (non-hydrogen) atoms. The van der Waals surface area contributed by atoms with E-state index >= 15 is 0 Å². The molecule has 0 aliphatic rings. The van der Waals surface area contributed by atoms with Crippen LogP contribution in [0.5, 0.6) is 0 Å². The number of aromatic nitrogens is 1. The third kappa shape index (κ3) is 4.07. The maximum Gasteiger partial charge on any atom is 0.323 e. The van der Waals surface area contributed by atoms with Crippen molar-refractivity contribution >= 4 is 17.3 Å². The molecule has 0 radical (unpaired) electrons. The van der Waals surface area contributed by atoms with Crippen molar-refractivity contribution in [2.45, 2.75) is 46.2 Å². The number of carbonyl (C=O) groups excluding carboxylic acids is 1. The van der Waals surface area contributed by atoms with Crippen LogP contribution >= 0.6 is 11.3 Å². The third-order valence-electron chi connectivity index (χ3n) is 2.89. The van der Waals surface area contributed by atoms with Gasteiger partial charge in [0, 0.05) is 11.4 Å². The van der Waals surface area contributed by atoms with Crippen molar-refractivity contribution in [1.29, 1.82) is 0 Å². The zero-order valence-electron chi connectivity index (χ0n) is 11.6. The fraction of sp³-hybridized carbons (Fsp3) is 0.692. The van der Waals surface area contributed by atoms with E-state index < -0.39 is 0 Å². The summed E-state index contributed by atoms with van der Waals surface area (Å²) in [6.07, 6.45) is 1.79. The van der Waals surface area contributed by atoms with Crippen molar-refractivity contribution in [1.82, 2.24) is 9.88 Å². The topological polar surface area (TPSA) is 42.4 Å². The average molecular weight is 270 g/mol. The highest BCUT2D eigenvalue weighted by atomic mass is 32.1. The van der Waals surface area contributed by atoms with Gasteiger partial charge in [0.05, 0.1) is 17.8 Å². The molecule has 0 aliphatic carbocycles. The molecule has 5 heteroatoms. The Bertz CT molecular complexity index is 379. The highest BCUT2D eigenvalue weighted by Crippen LogP contribution is 2.17. The van der Waals surface area contributed by atoms with Crippen molar-refractivity contribution in [2.75, 3.05) is 13.7 Å². The molecule has 0 N–H and O–H groups in total. The SMILES string of the molecule is CCCC(C(=O)OCC)N(C)Cc1scnc1C. The normalized spacial score (nSPS) is 12.7. The van der Waals surface area contributed by atoms with Crippen LogP contribution in [0.25, 0.3) is 0 Å². The summed E-state index contributed by atoms with van der Waals surface area (Å²) in [4.78, 5) is 19.4. The van der Waals surface area contributed by atoms with Crippen LogP contribution in [0.3, 0.4) is 0 Å². The van der Waals surface area contributed by atoms with Crippen molar-refractivity contribution < 1.29 is 9.53 Å². The Hall–Kier alpha value is -0.940. The van der Waals surface area contributed by atoms with Crippen molar-refractivity contribution in [3.8, 4) is 0 Å². The van der Waals surface area contributed by atoms with Crippen LogP contribution in [0.2, 0.25) is 0 Å². The van der Waals surface area contributed by atoms with Crippen LogP contribution in [-0.4, -0.2) is 35.5 Å². The fourth-order valence-electron chi connectivity index (χ4n) is 1.84. The van der Waals surface area contributed by atoms with E-state index in [1.165, 1.54) is 4.88 Å². The van der Waals surface area contributed by atoms with Crippen molar-refractivity contribution in [3.05, 3.63) is 16.1 Å². The minimum atomic E-state index is -0.156. The Morgan fingerprint density at radius 2 is 2.28 bits per heavy atom. The predicted octanol–water partition coefficient (Wildman–Crippen LogP) is 2.62. The van der Waals surface area contributed by atoms with E-state index in [1.807, 2.05) is 26.4 Å². The van der Waals surface area contributed by atoms with E-state index in [4.69, 9.17) is 4.74 Å². The molecule has 1 rings (SSSR count). The molecule has 102 valence electrons. The molecule has 1 aromatic rings. The lowest BCUT2D eigenvalue weighted by atomic mass is 10.1. The smallest absolute Gasteiger partial charge is 0.323 e. The quantitative estimate of drug-likeness (QED) is 0.714. The van der Waals surface area contributed by atoms with Gasteiger partial charge in [-0.15, -0.1) is 11.3 Å². The predicted molar refractivity (Wildman–Crippen MR) is 73.6 cm³/mol. The monoisotopic (exact) mass is 270 g/mol. The summed E-state index contributed by atoms with van der Waals surface area (Å²) in [6, 6.07) is -0.156. The van der Waals surface area contributed by atoms with Gasteiger partial charge in [0.1, 0.15) is 6.04 Å². The molecule has 0 aromatic carbocycles. The third-order valence-corrected chi connectivity index (χ3v) is 3.81. The molecule has 1 unspecified atom stereocenters. The van der Waals surface area contributed by atoms with Crippen molar-refractivity contribution in [3.63, 3.8) is 0 Å². The fourth-order valence-corrected chi connectivity index (χ4v) is 2.68. The van der Waals surface area contributed by atoms with E-state index in [0.717, 1.165) is 25.1 Å². The summed E-state index contributed by atoms with van der Waals surface area (Å²) in [6.45, 7) is 7.11. The number of thiazole rings is 1. The second-order valence-electron chi connectivity index (χ2n) is 4.33. The van der Waals surface area contributed by atoms with Crippen molar-refractivity contribution in [2.24, 2.45) is 0 Å². The zero-order chi connectivity index (χ0) is 13.5. The summed E-state index contributed by atoms with van der Waals surface area (Å²) in [5.74, 6) is -0.121. The number of esters is 1. The van der Waals surface area contributed by atoms with Gasteiger partial charge in [-0.05, 0) is 27.3 Å². The van der Waals surface area contributed by atoms with Crippen LogP contribution in [0.1, 0.15) is 37.3 Å². The molecule has 0 fully saturated rings. The Morgan fingerprint density at radius 1 is 1.56 bits per heavy atom. The lowest BCUT2D eigenvalue weighted by molar-refractivity contribution is -0.149. The largest absolute Gasteiger partial charge is 0.465 e. The van der Waals surface area contributed by atoms with Crippen LogP contribution in [0, 0.1) is 6.92 Å². The molecule has 0 saturated carbocycles. The Labute approximate surface area is 113 Å². The second-order valence-corrected chi connectivity index (χ2v) is 5.27. The van der Waals surface area contributed by atoms with Gasteiger partial charge in [-0.25, -0.2) is 4.98 Å². The maximum absolute atomic E-state index is 11.9. The molecule has 0 aliphatic heterocycles. The first-order chi connectivity index (χ1) is 8.60. The van der Waals surface area contributed by atoms with Gasteiger partial charge < -0.3 is 4.74 Å². The molecule has 0 bridgehead atoms. The van der Waals surface area contributed by atoms with Gasteiger partial charge in [-0.2, -0.15) is 0 Å². The number of ether oxygens (including phenoxy) is 1. The average Bonchev–Trinajstić information content (AvgIpc) is 2.72. The summed E-state index contributed by atoms with van der Waals surface area (Å²) in [5.41, 5.74) is 2.89. The molecular formula is C13H22N2O2S. The lowest BCUT2D eigenvalue weighted by Crippen LogP contribution is -2.39. The second kappa shape index (κ2) is 7.48. The number of hydrogen-bond acceptors (Lipinski definition) is 5. The lowest BCUT2D eigenvalue weighted by Gasteiger charge is -2.25. The summed E-state index contributed by atoms with van der Waals surface area (Å²) in [5, 5.41) is 0. The molecule has 1 atom stereocenters. The first kappa shape index (κ1) is 15.1. The van der Waals surface area contributed by atoms with Gasteiger partial charge in [0.2, 0.25) is 0 Å². The standard InChI is InChI=1S/C13H22N2O2S/c1-5-7-11(13(16)17-6-2)15(4)8-12-10(3)14-9-18-12/h9,11H,5-8H2,1-4H3. The number of hydrogen-bond donors (Lipinski definition) is 0. The molecule has 0 spiro atoms. The summed E-state index contributed by atoms with van der Waals surface area (Å²) >= 11 is 1.63. The minimum absolute atomic E-state index is 0.121. The van der Waals surface area contributed by atoms with Gasteiger partial charge in [0.15, 0.2) is 0 Å². The van der Waals surface area contributed by atoms with Gasteiger partial charge in [-0.3, -0.25) is 9.69 Å². The number of nitrogens with zero attached hydrogens (tertiary/aromatic N) is 2. The van der Waals surface area contributed by atoms with E-state index in [9.17, 15) is 4.79 Å². The molecule has 1 aromatic heterocycles. The minimum Gasteiger partial charge on any atom is -0.465 e. The van der Waals surface area contributed by atoms with Crippen LogP contribution < -0.4 is 0 Å². The number of rotatable bonds is 7. The van der Waals surface area contributed by atoms with Gasteiger partial charge >= 0.3 is 5.97 Å². The van der Waals surface area contributed by atoms with Crippen LogP contribution in [-0.2, 0) is 16.1 Å². The zero-order valence-corrected chi connectivity index (χ0v) is 12.4. The Balaban J connectivity index is 2.67. The number of carbonyl (C=O) groups is 1. The summed E-state index contributed by atoms with van der Waals surface area (Å²) < 4.78 is 5.13. The number of likely N-dealkylation sites (N-methyl/N-ethyl adjacent to an activating group) is 1. The van der Waals surface area contributed by atoms with Crippen LogP contribution in [0.4, 0.5) is 0 Å². The van der Waals surface area contributed by atoms with E-state index in [1.54, 1.807) is 11.3 Å².